The molecule has 0 spiro atoms. The Morgan fingerprint density at radius 3 is 2.65 bits per heavy atom. The normalized spacial score (nSPS) is 14.5. The van der Waals surface area contributed by atoms with Crippen LogP contribution in [0.5, 0.6) is 0 Å². The van der Waals surface area contributed by atoms with Gasteiger partial charge in [-0.1, -0.05) is 24.3 Å². The number of halogens is 1. The van der Waals surface area contributed by atoms with Crippen LogP contribution in [0.1, 0.15) is 23.3 Å². The van der Waals surface area contributed by atoms with Crippen LogP contribution in [0.15, 0.2) is 53.9 Å². The second-order valence-electron chi connectivity index (χ2n) is 6.29. The average Bonchev–Trinajstić information content (AvgIpc) is 3.17. The summed E-state index contributed by atoms with van der Waals surface area (Å²) in [4.78, 5) is 13.8. The van der Waals surface area contributed by atoms with E-state index in [1.165, 1.54) is 0 Å². The lowest BCUT2D eigenvalue weighted by molar-refractivity contribution is 0.0928. The van der Waals surface area contributed by atoms with Crippen LogP contribution in [0.3, 0.4) is 0 Å². The van der Waals surface area contributed by atoms with Crippen molar-refractivity contribution in [1.82, 2.24) is 15.1 Å². The number of carbonyl (C=O) groups excluding carboxylic acids is 1. The van der Waals surface area contributed by atoms with Gasteiger partial charge in [0.1, 0.15) is 0 Å². The molecule has 5 nitrogen and oxygen atoms in total. The number of hydrogen-bond acceptors (Lipinski definition) is 4. The molecule has 3 aromatic rings. The van der Waals surface area contributed by atoms with Crippen molar-refractivity contribution in [3.05, 3.63) is 59.6 Å². The molecular weight excluding hydrogens is 368 g/mol. The summed E-state index contributed by atoms with van der Waals surface area (Å²) in [5, 5.41) is 9.64. The van der Waals surface area contributed by atoms with Crippen LogP contribution < -0.4 is 11.1 Å². The molecule has 136 valence electrons. The predicted octanol–water partition coefficient (Wildman–Crippen LogP) is 3.49. The molecule has 7 heteroatoms. The maximum absolute atomic E-state index is 12.7. The number of nitrogens with one attached hydrogen (secondary N) is 1. The monoisotopic (exact) mass is 388 g/mol. The van der Waals surface area contributed by atoms with Gasteiger partial charge in [-0.05, 0) is 48.4 Å². The number of amides is 1. The minimum absolute atomic E-state index is 0. The highest BCUT2D eigenvalue weighted by Crippen LogP contribution is 2.32. The third-order valence-corrected chi connectivity index (χ3v) is 5.37. The van der Waals surface area contributed by atoms with Gasteiger partial charge in [-0.25, -0.2) is 4.68 Å². The number of thiophene rings is 1. The van der Waals surface area contributed by atoms with Crippen molar-refractivity contribution in [2.24, 2.45) is 11.7 Å². The smallest absolute Gasteiger partial charge is 0.272 e. The molecule has 4 rings (SSSR count). The zero-order chi connectivity index (χ0) is 17.2. The van der Waals surface area contributed by atoms with Crippen LogP contribution in [0.25, 0.3) is 16.3 Å². The fourth-order valence-corrected chi connectivity index (χ4v) is 3.70. The SMILES string of the molecule is Cl.NCC(NC(=O)c1cc(-c2cccs2)n(-c2ccccc2)n1)C1CC1. The Hall–Kier alpha value is -2.15. The molecule has 2 heterocycles. The number of para-hydroxylation sites is 1. The summed E-state index contributed by atoms with van der Waals surface area (Å²) in [6.45, 7) is 0.466. The van der Waals surface area contributed by atoms with E-state index in [-0.39, 0.29) is 24.4 Å². The molecule has 1 atom stereocenters. The molecule has 0 radical (unpaired) electrons. The standard InChI is InChI=1S/C19H20N4OS.ClH/c20-12-16(13-8-9-13)21-19(24)15-11-17(18-7-4-10-25-18)23(22-15)14-5-2-1-3-6-14;/h1-7,10-11,13,16H,8-9,12,20H2,(H,21,24);1H. The number of hydrogen-bond donors (Lipinski definition) is 2. The van der Waals surface area contributed by atoms with Gasteiger partial charge in [-0.2, -0.15) is 5.10 Å². The van der Waals surface area contributed by atoms with Gasteiger partial charge in [-0.15, -0.1) is 23.7 Å². The molecule has 1 unspecified atom stereocenters. The number of rotatable bonds is 6. The predicted molar refractivity (Wildman–Crippen MR) is 107 cm³/mol. The summed E-state index contributed by atoms with van der Waals surface area (Å²) in [7, 11) is 0. The van der Waals surface area contributed by atoms with E-state index in [0.29, 0.717) is 18.2 Å². The minimum Gasteiger partial charge on any atom is -0.346 e. The van der Waals surface area contributed by atoms with E-state index in [1.54, 1.807) is 11.3 Å². The van der Waals surface area contributed by atoms with Crippen LogP contribution in [0.2, 0.25) is 0 Å². The Morgan fingerprint density at radius 1 is 1.27 bits per heavy atom. The summed E-state index contributed by atoms with van der Waals surface area (Å²) in [5.74, 6) is 0.358. The number of nitrogens with zero attached hydrogens (tertiary/aromatic N) is 2. The van der Waals surface area contributed by atoms with Crippen molar-refractivity contribution < 1.29 is 4.79 Å². The highest BCUT2D eigenvalue weighted by Gasteiger charge is 2.32. The van der Waals surface area contributed by atoms with Gasteiger partial charge in [-0.3, -0.25) is 4.79 Å². The van der Waals surface area contributed by atoms with Gasteiger partial charge in [0.15, 0.2) is 5.69 Å². The van der Waals surface area contributed by atoms with Crippen LogP contribution in [0, 0.1) is 5.92 Å². The summed E-state index contributed by atoms with van der Waals surface area (Å²) >= 11 is 1.63. The Bertz CT molecular complexity index is 859. The van der Waals surface area contributed by atoms with Crippen LogP contribution in [-0.2, 0) is 0 Å². The second-order valence-corrected chi connectivity index (χ2v) is 7.24. The van der Waals surface area contributed by atoms with Crippen molar-refractivity contribution in [3.63, 3.8) is 0 Å². The first kappa shape index (κ1) is 18.6. The van der Waals surface area contributed by atoms with E-state index in [1.807, 2.05) is 58.6 Å². The molecule has 0 aliphatic heterocycles. The van der Waals surface area contributed by atoms with Gasteiger partial charge in [0.25, 0.3) is 5.91 Å². The summed E-state index contributed by atoms with van der Waals surface area (Å²) in [5.41, 5.74) is 8.08. The number of aromatic nitrogens is 2. The minimum atomic E-state index is -0.158. The lowest BCUT2D eigenvalue weighted by Gasteiger charge is -2.14. The van der Waals surface area contributed by atoms with Gasteiger partial charge in [0.2, 0.25) is 0 Å². The maximum Gasteiger partial charge on any atom is 0.272 e. The zero-order valence-corrected chi connectivity index (χ0v) is 15.8. The Balaban J connectivity index is 0.00000196. The topological polar surface area (TPSA) is 72.9 Å². The Morgan fingerprint density at radius 2 is 2.04 bits per heavy atom. The largest absolute Gasteiger partial charge is 0.346 e. The number of carbonyl (C=O) groups is 1. The maximum atomic E-state index is 12.7. The van der Waals surface area contributed by atoms with Crippen molar-refractivity contribution in [2.45, 2.75) is 18.9 Å². The zero-order valence-electron chi connectivity index (χ0n) is 14.2. The van der Waals surface area contributed by atoms with Crippen LogP contribution >= 0.6 is 23.7 Å². The van der Waals surface area contributed by atoms with Crippen molar-refractivity contribution in [2.75, 3.05) is 6.54 Å². The highest BCUT2D eigenvalue weighted by molar-refractivity contribution is 7.13. The van der Waals surface area contributed by atoms with Crippen molar-refractivity contribution >= 4 is 29.7 Å². The van der Waals surface area contributed by atoms with E-state index in [0.717, 1.165) is 29.1 Å². The van der Waals surface area contributed by atoms with E-state index in [9.17, 15) is 4.79 Å². The third kappa shape index (κ3) is 3.82. The van der Waals surface area contributed by atoms with Gasteiger partial charge < -0.3 is 11.1 Å². The van der Waals surface area contributed by atoms with E-state index < -0.39 is 0 Å². The molecule has 0 bridgehead atoms. The van der Waals surface area contributed by atoms with Crippen molar-refractivity contribution in [1.29, 1.82) is 0 Å². The number of nitrogens with two attached hydrogens (primary N) is 1. The Kier molecular flexibility index (Phi) is 5.76. The van der Waals surface area contributed by atoms with Gasteiger partial charge in [0.05, 0.1) is 16.3 Å². The molecule has 1 aliphatic carbocycles. The third-order valence-electron chi connectivity index (χ3n) is 4.48. The first-order chi connectivity index (χ1) is 12.3. The summed E-state index contributed by atoms with van der Waals surface area (Å²) in [6, 6.07) is 15.8. The summed E-state index contributed by atoms with van der Waals surface area (Å²) < 4.78 is 1.83. The van der Waals surface area contributed by atoms with E-state index >= 15 is 0 Å². The molecule has 1 fully saturated rings. The van der Waals surface area contributed by atoms with Crippen LogP contribution in [-0.4, -0.2) is 28.3 Å². The van der Waals surface area contributed by atoms with Gasteiger partial charge >= 0.3 is 0 Å². The van der Waals surface area contributed by atoms with E-state index in [2.05, 4.69) is 10.4 Å². The van der Waals surface area contributed by atoms with Crippen molar-refractivity contribution in [3.8, 4) is 16.3 Å². The molecule has 1 aromatic carbocycles. The first-order valence-corrected chi connectivity index (χ1v) is 9.34. The van der Waals surface area contributed by atoms with Gasteiger partial charge in [0, 0.05) is 12.6 Å². The lowest BCUT2D eigenvalue weighted by Crippen LogP contribution is -2.41. The highest BCUT2D eigenvalue weighted by atomic mass is 35.5. The fourth-order valence-electron chi connectivity index (χ4n) is 2.97. The Labute approximate surface area is 162 Å². The molecule has 2 aromatic heterocycles. The molecule has 1 saturated carbocycles. The molecular formula is C19H21ClN4OS. The van der Waals surface area contributed by atoms with Crippen LogP contribution in [0.4, 0.5) is 0 Å². The summed E-state index contributed by atoms with van der Waals surface area (Å²) in [6.07, 6.45) is 2.28. The average molecular weight is 389 g/mol. The first-order valence-electron chi connectivity index (χ1n) is 8.46. The molecule has 1 amide bonds. The quantitative estimate of drug-likeness (QED) is 0.678. The number of benzene rings is 1. The molecule has 0 saturated heterocycles. The second kappa shape index (κ2) is 8.03. The lowest BCUT2D eigenvalue weighted by atomic mass is 10.2. The van der Waals surface area contributed by atoms with E-state index in [4.69, 9.17) is 5.73 Å². The molecule has 1 aliphatic rings. The molecule has 3 N–H and O–H groups in total. The molecule has 26 heavy (non-hydrogen) atoms. The fraction of sp³-hybridized carbons (Fsp3) is 0.263.